The summed E-state index contributed by atoms with van der Waals surface area (Å²) in [6, 6.07) is 3.05. The SMILES string of the molecule is CCc1c(-c2cc3c(cc2F)N(C)CC3)[nH]c(=O)c(C(=O)O)c1O.Cl. The zero-order valence-corrected chi connectivity index (χ0v) is 14.5. The Kier molecular flexibility index (Phi) is 5.08. The zero-order chi connectivity index (χ0) is 17.6. The third-order valence-corrected chi connectivity index (χ3v) is 4.42. The molecule has 0 amide bonds. The number of benzene rings is 1. The normalized spacial score (nSPS) is 12.7. The van der Waals surface area contributed by atoms with E-state index in [9.17, 15) is 19.1 Å². The highest BCUT2D eigenvalue weighted by Gasteiger charge is 2.25. The van der Waals surface area contributed by atoms with E-state index in [2.05, 4.69) is 4.98 Å². The Morgan fingerprint density at radius 3 is 2.68 bits per heavy atom. The van der Waals surface area contributed by atoms with Gasteiger partial charge >= 0.3 is 5.97 Å². The van der Waals surface area contributed by atoms with Crippen LogP contribution >= 0.6 is 12.4 Å². The van der Waals surface area contributed by atoms with Gasteiger partial charge in [-0.3, -0.25) is 4.79 Å². The number of aromatic amines is 1. The number of hydrogen-bond acceptors (Lipinski definition) is 4. The first-order valence-corrected chi connectivity index (χ1v) is 7.60. The number of carboxylic acid groups (broad SMARTS) is 1. The molecule has 6 nitrogen and oxygen atoms in total. The first-order valence-electron chi connectivity index (χ1n) is 7.60. The van der Waals surface area contributed by atoms with E-state index >= 15 is 0 Å². The Morgan fingerprint density at radius 1 is 1.40 bits per heavy atom. The lowest BCUT2D eigenvalue weighted by molar-refractivity contribution is 0.0691. The summed E-state index contributed by atoms with van der Waals surface area (Å²) in [7, 11) is 1.87. The molecule has 1 aliphatic heterocycles. The second kappa shape index (κ2) is 6.76. The minimum absolute atomic E-state index is 0. The van der Waals surface area contributed by atoms with Gasteiger partial charge in [-0.1, -0.05) is 6.92 Å². The number of anilines is 1. The summed E-state index contributed by atoms with van der Waals surface area (Å²) in [5.41, 5.74) is 0.546. The van der Waals surface area contributed by atoms with Gasteiger partial charge in [-0.15, -0.1) is 12.4 Å². The van der Waals surface area contributed by atoms with Gasteiger partial charge in [0.05, 0.1) is 5.69 Å². The molecule has 0 saturated heterocycles. The summed E-state index contributed by atoms with van der Waals surface area (Å²) in [6.45, 7) is 2.47. The van der Waals surface area contributed by atoms with Crippen LogP contribution in [0, 0.1) is 5.82 Å². The van der Waals surface area contributed by atoms with Crippen molar-refractivity contribution in [1.29, 1.82) is 0 Å². The molecule has 3 N–H and O–H groups in total. The standard InChI is InChI=1S/C17H17FN2O4.ClH/c1-3-9-14(19-16(22)13(15(9)21)17(23)24)10-6-8-4-5-20(2)12(8)7-11(10)18;/h6-7H,3-5H2,1-2H3,(H,23,24)(H2,19,21,22);1H. The number of aromatic nitrogens is 1. The van der Waals surface area contributed by atoms with Crippen LogP contribution in [0.1, 0.15) is 28.4 Å². The van der Waals surface area contributed by atoms with Gasteiger partial charge < -0.3 is 20.1 Å². The van der Waals surface area contributed by atoms with Gasteiger partial charge in [0, 0.05) is 30.4 Å². The molecule has 2 heterocycles. The van der Waals surface area contributed by atoms with Gasteiger partial charge in [-0.25, -0.2) is 9.18 Å². The highest BCUT2D eigenvalue weighted by molar-refractivity contribution is 5.92. The Bertz CT molecular complexity index is 910. The monoisotopic (exact) mass is 368 g/mol. The maximum absolute atomic E-state index is 14.6. The Hall–Kier alpha value is -2.54. The third kappa shape index (κ3) is 2.95. The van der Waals surface area contributed by atoms with Crippen LogP contribution in [0.2, 0.25) is 0 Å². The van der Waals surface area contributed by atoms with Crippen molar-refractivity contribution < 1.29 is 19.4 Å². The summed E-state index contributed by atoms with van der Waals surface area (Å²) in [5, 5.41) is 19.3. The average molecular weight is 369 g/mol. The molecule has 0 spiro atoms. The summed E-state index contributed by atoms with van der Waals surface area (Å²) < 4.78 is 14.6. The lowest BCUT2D eigenvalue weighted by Crippen LogP contribution is -2.20. The first kappa shape index (κ1) is 18.8. The second-order valence-electron chi connectivity index (χ2n) is 5.82. The zero-order valence-electron chi connectivity index (χ0n) is 13.7. The van der Waals surface area contributed by atoms with Gasteiger partial charge in [0.1, 0.15) is 11.6 Å². The van der Waals surface area contributed by atoms with Crippen molar-refractivity contribution in [3.05, 3.63) is 45.0 Å². The number of H-pyrrole nitrogens is 1. The molecule has 0 bridgehead atoms. The summed E-state index contributed by atoms with van der Waals surface area (Å²) in [5.74, 6) is -2.66. The Morgan fingerprint density at radius 2 is 2.08 bits per heavy atom. The summed E-state index contributed by atoms with van der Waals surface area (Å²) in [4.78, 5) is 27.5. The molecular weight excluding hydrogens is 351 g/mol. The van der Waals surface area contributed by atoms with E-state index in [0.717, 1.165) is 24.2 Å². The van der Waals surface area contributed by atoms with E-state index in [-0.39, 0.29) is 35.6 Å². The van der Waals surface area contributed by atoms with Crippen LogP contribution in [0.3, 0.4) is 0 Å². The van der Waals surface area contributed by atoms with E-state index in [1.165, 1.54) is 6.07 Å². The van der Waals surface area contributed by atoms with Crippen molar-refractivity contribution in [2.24, 2.45) is 0 Å². The van der Waals surface area contributed by atoms with Crippen LogP contribution in [0.4, 0.5) is 10.1 Å². The van der Waals surface area contributed by atoms with Gasteiger partial charge in [0.25, 0.3) is 5.56 Å². The number of aromatic hydroxyl groups is 1. The van der Waals surface area contributed by atoms with Crippen molar-refractivity contribution >= 4 is 24.1 Å². The van der Waals surface area contributed by atoms with Crippen LogP contribution in [-0.4, -0.2) is 34.8 Å². The third-order valence-electron chi connectivity index (χ3n) is 4.42. The summed E-state index contributed by atoms with van der Waals surface area (Å²) >= 11 is 0. The fraction of sp³-hybridized carbons (Fsp3) is 0.294. The van der Waals surface area contributed by atoms with Crippen molar-refractivity contribution in [2.75, 3.05) is 18.5 Å². The number of halogens is 2. The fourth-order valence-corrected chi connectivity index (χ4v) is 3.16. The van der Waals surface area contributed by atoms with E-state index in [4.69, 9.17) is 5.11 Å². The predicted molar refractivity (Wildman–Crippen MR) is 94.7 cm³/mol. The van der Waals surface area contributed by atoms with Gasteiger partial charge in [0.2, 0.25) is 0 Å². The van der Waals surface area contributed by atoms with Crippen LogP contribution in [0.25, 0.3) is 11.3 Å². The van der Waals surface area contributed by atoms with Crippen molar-refractivity contribution in [3.63, 3.8) is 0 Å². The van der Waals surface area contributed by atoms with Crippen LogP contribution in [0.15, 0.2) is 16.9 Å². The molecule has 0 unspecified atom stereocenters. The molecule has 1 aromatic heterocycles. The molecule has 25 heavy (non-hydrogen) atoms. The van der Waals surface area contributed by atoms with Crippen LogP contribution < -0.4 is 10.5 Å². The number of carboxylic acids is 1. The average Bonchev–Trinajstić information content (AvgIpc) is 2.86. The number of nitrogens with zero attached hydrogens (tertiary/aromatic N) is 1. The second-order valence-corrected chi connectivity index (χ2v) is 5.82. The lowest BCUT2D eigenvalue weighted by atomic mass is 9.98. The van der Waals surface area contributed by atoms with E-state index in [1.807, 2.05) is 11.9 Å². The maximum Gasteiger partial charge on any atom is 0.345 e. The molecule has 0 atom stereocenters. The van der Waals surface area contributed by atoms with Gasteiger partial charge in [-0.2, -0.15) is 0 Å². The van der Waals surface area contributed by atoms with Crippen LogP contribution in [0.5, 0.6) is 5.75 Å². The molecule has 0 radical (unpaired) electrons. The van der Waals surface area contributed by atoms with E-state index < -0.39 is 28.7 Å². The molecular formula is C17H18ClFN2O4. The first-order chi connectivity index (χ1) is 11.3. The number of carbonyl (C=O) groups is 1. The van der Waals surface area contributed by atoms with E-state index in [1.54, 1.807) is 13.0 Å². The van der Waals surface area contributed by atoms with Gasteiger partial charge in [0.15, 0.2) is 5.56 Å². The molecule has 2 aromatic rings. The number of aromatic carboxylic acids is 1. The molecule has 1 aliphatic rings. The highest BCUT2D eigenvalue weighted by Crippen LogP contribution is 2.36. The smallest absolute Gasteiger partial charge is 0.345 e. The van der Waals surface area contributed by atoms with Crippen molar-refractivity contribution in [3.8, 4) is 17.0 Å². The number of nitrogens with one attached hydrogen (secondary N) is 1. The predicted octanol–water partition coefficient (Wildman–Crippen LogP) is 2.56. The number of rotatable bonds is 3. The number of fused-ring (bicyclic) bond motifs is 1. The lowest BCUT2D eigenvalue weighted by Gasteiger charge is -2.15. The summed E-state index contributed by atoms with van der Waals surface area (Å²) in [6.07, 6.45) is 0.999. The molecule has 0 fully saturated rings. The molecule has 3 rings (SSSR count). The molecule has 0 saturated carbocycles. The minimum atomic E-state index is -1.52. The molecule has 8 heteroatoms. The van der Waals surface area contributed by atoms with Crippen molar-refractivity contribution in [2.45, 2.75) is 19.8 Å². The fourth-order valence-electron chi connectivity index (χ4n) is 3.16. The maximum atomic E-state index is 14.6. The van der Waals surface area contributed by atoms with E-state index in [0.29, 0.717) is 0 Å². The largest absolute Gasteiger partial charge is 0.506 e. The number of pyridine rings is 1. The minimum Gasteiger partial charge on any atom is -0.506 e. The molecule has 1 aromatic carbocycles. The molecule has 134 valence electrons. The van der Waals surface area contributed by atoms with Crippen LogP contribution in [-0.2, 0) is 12.8 Å². The highest BCUT2D eigenvalue weighted by atomic mass is 35.5. The number of likely N-dealkylation sites (N-methyl/N-ethyl adjacent to an activating group) is 1. The van der Waals surface area contributed by atoms with Crippen molar-refractivity contribution in [1.82, 2.24) is 4.98 Å². The quantitative estimate of drug-likeness (QED) is 0.774. The Balaban J connectivity index is 0.00000225. The topological polar surface area (TPSA) is 93.6 Å². The molecule has 0 aliphatic carbocycles. The van der Waals surface area contributed by atoms with Gasteiger partial charge in [-0.05, 0) is 30.5 Å². The Labute approximate surface area is 149 Å². The number of hydrogen-bond donors (Lipinski definition) is 3.